The van der Waals surface area contributed by atoms with Crippen molar-refractivity contribution < 1.29 is 45.4 Å². The number of anilines is 2. The lowest BCUT2D eigenvalue weighted by atomic mass is 10.1. The van der Waals surface area contributed by atoms with Crippen LogP contribution in [0, 0.1) is 13.8 Å². The summed E-state index contributed by atoms with van der Waals surface area (Å²) in [6.45, 7) is 2.79. The summed E-state index contributed by atoms with van der Waals surface area (Å²) in [6, 6.07) is 11.1. The van der Waals surface area contributed by atoms with E-state index in [9.17, 15) is 35.9 Å². The Morgan fingerprint density at radius 1 is 1.04 bits per heavy atom. The number of pyridine rings is 1. The van der Waals surface area contributed by atoms with Crippen LogP contribution < -0.4 is 19.7 Å². The van der Waals surface area contributed by atoms with Gasteiger partial charge in [-0.05, 0) is 67.4 Å². The van der Waals surface area contributed by atoms with Crippen LogP contribution in [-0.2, 0) is 4.79 Å². The highest BCUT2D eigenvalue weighted by Crippen LogP contribution is 2.36. The number of aliphatic imine (C=N–C) groups is 1. The number of urea groups is 1. The number of aromatic nitrogens is 4. The molecule has 3 amide bonds. The van der Waals surface area contributed by atoms with E-state index in [0.29, 0.717) is 22.4 Å². The second kappa shape index (κ2) is 13.3. The van der Waals surface area contributed by atoms with Crippen molar-refractivity contribution in [2.24, 2.45) is 4.99 Å². The molecule has 1 fully saturated rings. The fourth-order valence-electron chi connectivity index (χ4n) is 4.26. The van der Waals surface area contributed by atoms with Crippen molar-refractivity contribution in [1.82, 2.24) is 19.7 Å². The fourth-order valence-corrected chi connectivity index (χ4v) is 5.12. The summed E-state index contributed by atoms with van der Waals surface area (Å²) in [5, 5.41) is 6.98. The van der Waals surface area contributed by atoms with Gasteiger partial charge in [-0.25, -0.2) is 19.4 Å². The Balaban J connectivity index is 1.29. The molecule has 1 aliphatic heterocycles. The molecule has 2 aromatic carbocycles. The maximum Gasteiger partial charge on any atom is 0.573 e. The number of amidine groups is 1. The van der Waals surface area contributed by atoms with E-state index in [2.05, 4.69) is 30.1 Å². The zero-order valence-electron chi connectivity index (χ0n) is 24.4. The van der Waals surface area contributed by atoms with Gasteiger partial charge >= 0.3 is 18.6 Å². The Kier molecular flexibility index (Phi) is 9.41. The molecule has 18 heteroatoms. The van der Waals surface area contributed by atoms with Crippen LogP contribution in [0.5, 0.6) is 11.5 Å². The lowest BCUT2D eigenvalue weighted by Crippen LogP contribution is -2.31. The summed E-state index contributed by atoms with van der Waals surface area (Å²) in [4.78, 5) is 39.1. The number of rotatable bonds is 8. The topological polar surface area (TPSA) is 124 Å². The summed E-state index contributed by atoms with van der Waals surface area (Å²) in [7, 11) is 0. The molecule has 4 aromatic rings. The molecule has 0 radical (unpaired) electrons. The van der Waals surface area contributed by atoms with E-state index in [1.165, 1.54) is 23.1 Å². The minimum Gasteiger partial charge on any atom is -0.491 e. The average molecular weight is 680 g/mol. The molecular weight excluding hydrogens is 656 g/mol. The highest BCUT2D eigenvalue weighted by atomic mass is 32.2. The van der Waals surface area contributed by atoms with Crippen molar-refractivity contribution in [3.8, 4) is 28.7 Å². The Labute approximate surface area is 266 Å². The van der Waals surface area contributed by atoms with E-state index in [1.54, 1.807) is 44.2 Å². The van der Waals surface area contributed by atoms with Crippen molar-refractivity contribution in [2.45, 2.75) is 32.8 Å². The smallest absolute Gasteiger partial charge is 0.491 e. The van der Waals surface area contributed by atoms with Crippen LogP contribution in [0.1, 0.15) is 17.5 Å². The first-order valence-corrected chi connectivity index (χ1v) is 14.5. The third kappa shape index (κ3) is 8.57. The number of aryl methyl sites for hydroxylation is 2. The Morgan fingerprint density at radius 2 is 1.83 bits per heavy atom. The molecule has 0 saturated carbocycles. The van der Waals surface area contributed by atoms with Crippen LogP contribution >= 0.6 is 11.8 Å². The van der Waals surface area contributed by atoms with E-state index in [0.717, 1.165) is 28.9 Å². The van der Waals surface area contributed by atoms with Gasteiger partial charge in [0.05, 0.1) is 30.7 Å². The Hall–Kier alpha value is -5.13. The molecule has 3 heterocycles. The van der Waals surface area contributed by atoms with E-state index >= 15 is 0 Å². The minimum atomic E-state index is -4.85. The maximum absolute atomic E-state index is 12.9. The summed E-state index contributed by atoms with van der Waals surface area (Å²) in [5.74, 6) is -0.459. The van der Waals surface area contributed by atoms with Crippen LogP contribution in [0.4, 0.5) is 42.5 Å². The lowest BCUT2D eigenvalue weighted by Gasteiger charge is -2.21. The first kappa shape index (κ1) is 33.2. The monoisotopic (exact) mass is 679 g/mol. The highest BCUT2D eigenvalue weighted by Gasteiger charge is 2.34. The number of hydrogen-bond acceptors (Lipinski definition) is 8. The van der Waals surface area contributed by atoms with Gasteiger partial charge in [0.15, 0.2) is 16.8 Å². The number of nitrogens with zero attached hydrogens (tertiary/aromatic N) is 6. The third-order valence-electron chi connectivity index (χ3n) is 6.37. The summed E-state index contributed by atoms with van der Waals surface area (Å²) in [5.41, 5.74) is 2.42. The largest absolute Gasteiger partial charge is 0.573 e. The SMILES string of the molecule is Cc1ccc(OCCC(F)(F)F)c(N2C(=O)CS/C2=N\C(=O)Nc2ccc(-c3ncn(-c4ccc(OC(F)(F)F)cn4)n3)cc2C)c1. The quantitative estimate of drug-likeness (QED) is 0.201. The zero-order chi connectivity index (χ0) is 33.9. The first-order chi connectivity index (χ1) is 22.1. The molecule has 5 rings (SSSR count). The molecule has 246 valence electrons. The number of hydrogen-bond donors (Lipinski definition) is 1. The molecule has 0 bridgehead atoms. The molecule has 11 nitrogen and oxygen atoms in total. The van der Waals surface area contributed by atoms with Crippen molar-refractivity contribution >= 4 is 40.2 Å². The molecule has 1 saturated heterocycles. The van der Waals surface area contributed by atoms with Crippen LogP contribution in [0.25, 0.3) is 17.2 Å². The van der Waals surface area contributed by atoms with Crippen molar-refractivity contribution in [1.29, 1.82) is 0 Å². The van der Waals surface area contributed by atoms with Gasteiger partial charge in [-0.1, -0.05) is 17.8 Å². The number of amides is 3. The summed E-state index contributed by atoms with van der Waals surface area (Å²) < 4.78 is 85.7. The number of thioether (sulfide) groups is 1. The Morgan fingerprint density at radius 3 is 2.51 bits per heavy atom. The molecule has 2 aromatic heterocycles. The van der Waals surface area contributed by atoms with Gasteiger partial charge < -0.3 is 14.8 Å². The molecule has 47 heavy (non-hydrogen) atoms. The van der Waals surface area contributed by atoms with Crippen LogP contribution in [0.2, 0.25) is 0 Å². The standard InChI is InChI=1S/C29H23F6N7O4S/c1-16-3-7-22(45-10-9-28(30,31)32)21(11-16)42-24(43)14-47-27(42)39-26(44)38-20-6-4-18(12-17(20)2)25-37-15-41(40-25)23-8-5-19(13-36-23)46-29(33,34)35/h3-8,11-13,15H,9-10,14H2,1-2H3,(H,38,44)/b39-27-. The van der Waals surface area contributed by atoms with E-state index < -0.39 is 43.3 Å². The number of carbonyl (C=O) groups excluding carboxylic acids is 2. The Bertz CT molecular complexity index is 1830. The fraction of sp³-hybridized carbons (Fsp3) is 0.241. The van der Waals surface area contributed by atoms with E-state index in [1.807, 2.05) is 0 Å². The molecule has 0 spiro atoms. The second-order valence-electron chi connectivity index (χ2n) is 9.97. The number of carbonyl (C=O) groups is 2. The third-order valence-corrected chi connectivity index (χ3v) is 7.29. The van der Waals surface area contributed by atoms with Gasteiger partial charge in [-0.2, -0.15) is 18.2 Å². The van der Waals surface area contributed by atoms with Crippen LogP contribution in [-0.4, -0.2) is 61.8 Å². The number of nitrogens with one attached hydrogen (secondary N) is 1. The van der Waals surface area contributed by atoms with Crippen LogP contribution in [0.15, 0.2) is 66.0 Å². The van der Waals surface area contributed by atoms with E-state index in [-0.39, 0.29) is 34.0 Å². The first-order valence-electron chi connectivity index (χ1n) is 13.6. The average Bonchev–Trinajstić information content (AvgIpc) is 3.61. The molecule has 0 unspecified atom stereocenters. The van der Waals surface area contributed by atoms with Gasteiger partial charge in [-0.3, -0.25) is 9.69 Å². The van der Waals surface area contributed by atoms with Gasteiger partial charge in [-0.15, -0.1) is 18.3 Å². The number of benzene rings is 2. The predicted molar refractivity (Wildman–Crippen MR) is 160 cm³/mol. The lowest BCUT2D eigenvalue weighted by molar-refractivity contribution is -0.274. The molecule has 0 atom stereocenters. The van der Waals surface area contributed by atoms with Gasteiger partial charge in [0.2, 0.25) is 5.91 Å². The predicted octanol–water partition coefficient (Wildman–Crippen LogP) is 6.84. The summed E-state index contributed by atoms with van der Waals surface area (Å²) >= 11 is 0.991. The van der Waals surface area contributed by atoms with Crippen LogP contribution in [0.3, 0.4) is 0 Å². The second-order valence-corrected chi connectivity index (χ2v) is 10.9. The number of ether oxygens (including phenoxy) is 2. The molecule has 0 aliphatic carbocycles. The van der Waals surface area contributed by atoms with Crippen molar-refractivity contribution in [2.75, 3.05) is 22.6 Å². The zero-order valence-corrected chi connectivity index (χ0v) is 25.2. The van der Waals surface area contributed by atoms with Crippen molar-refractivity contribution in [3.05, 3.63) is 72.2 Å². The molecule has 1 aliphatic rings. The molecular formula is C29H23F6N7O4S. The highest BCUT2D eigenvalue weighted by molar-refractivity contribution is 8.15. The normalized spacial score (nSPS) is 14.5. The number of alkyl halides is 6. The number of halogens is 6. The van der Waals surface area contributed by atoms with Gasteiger partial charge in [0.25, 0.3) is 0 Å². The summed E-state index contributed by atoms with van der Waals surface area (Å²) in [6.07, 6.45) is -8.22. The van der Waals surface area contributed by atoms with Crippen molar-refractivity contribution in [3.63, 3.8) is 0 Å². The minimum absolute atomic E-state index is 0.0226. The maximum atomic E-state index is 12.9. The van der Waals surface area contributed by atoms with Gasteiger partial charge in [0, 0.05) is 11.3 Å². The van der Waals surface area contributed by atoms with Gasteiger partial charge in [0.1, 0.15) is 17.8 Å². The van der Waals surface area contributed by atoms with E-state index in [4.69, 9.17) is 4.74 Å². The molecule has 1 N–H and O–H groups in total.